The molecule has 1 aliphatic rings. The van der Waals surface area contributed by atoms with Crippen LogP contribution in [0.2, 0.25) is 0 Å². The van der Waals surface area contributed by atoms with Crippen molar-refractivity contribution in [2.75, 3.05) is 19.4 Å². The monoisotopic (exact) mass is 324 g/mol. The van der Waals surface area contributed by atoms with Crippen LogP contribution in [0.3, 0.4) is 0 Å². The van der Waals surface area contributed by atoms with Gasteiger partial charge in [-0.1, -0.05) is 12.1 Å². The number of rotatable bonds is 7. The Balaban J connectivity index is 2.11. The highest BCUT2D eigenvalue weighted by atomic mass is 31.2. The number of benzene rings is 1. The fourth-order valence-corrected chi connectivity index (χ4v) is 4.16. The Bertz CT molecular complexity index is 509. The molecule has 122 valence electrons. The first-order chi connectivity index (χ1) is 10.5. The van der Waals surface area contributed by atoms with Crippen molar-refractivity contribution < 1.29 is 18.6 Å². The van der Waals surface area contributed by atoms with Crippen LogP contribution in [-0.4, -0.2) is 30.8 Å². The number of ether oxygens (including phenoxy) is 1. The largest absolute Gasteiger partial charge is 0.486 e. The molecule has 1 heterocycles. The summed E-state index contributed by atoms with van der Waals surface area (Å²) >= 11 is 0. The summed E-state index contributed by atoms with van der Waals surface area (Å²) < 4.78 is 17.3. The number of para-hydroxylation sites is 1. The number of hydrogen-bond donors (Lipinski definition) is 0. The van der Waals surface area contributed by atoms with Crippen LogP contribution in [0.1, 0.15) is 44.5 Å². The Morgan fingerprint density at radius 1 is 1.18 bits per heavy atom. The van der Waals surface area contributed by atoms with Gasteiger partial charge in [0.25, 0.3) is 0 Å². The van der Waals surface area contributed by atoms with Gasteiger partial charge < -0.3 is 13.8 Å². The van der Waals surface area contributed by atoms with Gasteiger partial charge in [0.05, 0.1) is 24.7 Å². The Kier molecular flexibility index (Phi) is 5.96. The quantitative estimate of drug-likeness (QED) is 0.696. The second-order valence-electron chi connectivity index (χ2n) is 5.80. The average molecular weight is 324 g/mol. The molecule has 0 amide bonds. The predicted octanol–water partition coefficient (Wildman–Crippen LogP) is 4.43. The van der Waals surface area contributed by atoms with Crippen molar-refractivity contribution in [2.45, 2.75) is 39.7 Å². The van der Waals surface area contributed by atoms with Crippen LogP contribution < -0.4 is 4.74 Å². The highest BCUT2D eigenvalue weighted by Gasteiger charge is 2.42. The molecule has 0 saturated carbocycles. The van der Waals surface area contributed by atoms with Crippen LogP contribution >= 0.6 is 8.38 Å². The van der Waals surface area contributed by atoms with Gasteiger partial charge in [0.1, 0.15) is 11.4 Å². The standard InChI is InChI=1S/C17H25O4P/c1-5-19-22(20-6-2)12-11-14-16(18)13-9-7-8-10-15(13)21-17(14,3)4/h7-10,14H,5-6,11-12H2,1-4H3. The van der Waals surface area contributed by atoms with Gasteiger partial charge in [-0.25, -0.2) is 0 Å². The smallest absolute Gasteiger partial charge is 0.173 e. The third-order valence-electron chi connectivity index (χ3n) is 3.83. The van der Waals surface area contributed by atoms with E-state index < -0.39 is 14.0 Å². The molecule has 0 spiro atoms. The van der Waals surface area contributed by atoms with Crippen LogP contribution in [0.5, 0.6) is 5.75 Å². The molecule has 1 atom stereocenters. The molecule has 1 unspecified atom stereocenters. The van der Waals surface area contributed by atoms with Gasteiger partial charge in [-0.15, -0.1) is 0 Å². The van der Waals surface area contributed by atoms with E-state index >= 15 is 0 Å². The average Bonchev–Trinajstić information content (AvgIpc) is 2.46. The third-order valence-corrected chi connectivity index (χ3v) is 5.54. The van der Waals surface area contributed by atoms with E-state index in [1.54, 1.807) is 0 Å². The lowest BCUT2D eigenvalue weighted by Gasteiger charge is -2.39. The van der Waals surface area contributed by atoms with Crippen molar-refractivity contribution in [3.05, 3.63) is 29.8 Å². The maximum atomic E-state index is 12.8. The van der Waals surface area contributed by atoms with E-state index in [4.69, 9.17) is 13.8 Å². The fraction of sp³-hybridized carbons (Fsp3) is 0.588. The molecule has 0 aliphatic carbocycles. The van der Waals surface area contributed by atoms with Gasteiger partial charge in [-0.3, -0.25) is 4.79 Å². The molecular formula is C17H25O4P. The van der Waals surface area contributed by atoms with Crippen LogP contribution in [0.25, 0.3) is 0 Å². The predicted molar refractivity (Wildman–Crippen MR) is 88.6 cm³/mol. The molecule has 5 heteroatoms. The van der Waals surface area contributed by atoms with Crippen molar-refractivity contribution in [3.8, 4) is 5.75 Å². The van der Waals surface area contributed by atoms with Crippen molar-refractivity contribution >= 4 is 14.2 Å². The second-order valence-corrected chi connectivity index (χ2v) is 7.43. The number of Topliss-reactive ketones (excluding diaryl/α,β-unsaturated/α-hetero) is 1. The minimum atomic E-state index is -0.921. The molecule has 0 N–H and O–H groups in total. The van der Waals surface area contributed by atoms with E-state index in [0.717, 1.165) is 6.16 Å². The van der Waals surface area contributed by atoms with Crippen LogP contribution in [-0.2, 0) is 9.05 Å². The summed E-state index contributed by atoms with van der Waals surface area (Å²) in [4.78, 5) is 12.8. The molecular weight excluding hydrogens is 299 g/mol. The first kappa shape index (κ1) is 17.4. The molecule has 0 saturated heterocycles. The summed E-state index contributed by atoms with van der Waals surface area (Å²) in [7, 11) is -0.921. The Morgan fingerprint density at radius 3 is 2.45 bits per heavy atom. The summed E-state index contributed by atoms with van der Waals surface area (Å²) in [6, 6.07) is 7.47. The summed E-state index contributed by atoms with van der Waals surface area (Å²) in [6.07, 6.45) is 1.47. The van der Waals surface area contributed by atoms with Gasteiger partial charge >= 0.3 is 0 Å². The van der Waals surface area contributed by atoms with Gasteiger partial charge in [0.15, 0.2) is 14.2 Å². The van der Waals surface area contributed by atoms with Crippen LogP contribution in [0.15, 0.2) is 24.3 Å². The van der Waals surface area contributed by atoms with E-state index in [1.807, 2.05) is 52.0 Å². The van der Waals surface area contributed by atoms with E-state index in [9.17, 15) is 4.79 Å². The zero-order chi connectivity index (χ0) is 16.2. The van der Waals surface area contributed by atoms with E-state index in [2.05, 4.69) is 0 Å². The van der Waals surface area contributed by atoms with Crippen LogP contribution in [0.4, 0.5) is 0 Å². The van der Waals surface area contributed by atoms with E-state index in [1.165, 1.54) is 0 Å². The highest BCUT2D eigenvalue weighted by Crippen LogP contribution is 2.44. The summed E-state index contributed by atoms with van der Waals surface area (Å²) in [5.74, 6) is 0.675. The van der Waals surface area contributed by atoms with Gasteiger partial charge in [0.2, 0.25) is 0 Å². The number of carbonyl (C=O) groups is 1. The number of carbonyl (C=O) groups excluding carboxylic acids is 1. The lowest BCUT2D eigenvalue weighted by atomic mass is 9.80. The molecule has 0 aromatic heterocycles. The van der Waals surface area contributed by atoms with Gasteiger partial charge in [-0.2, -0.15) is 0 Å². The highest BCUT2D eigenvalue weighted by molar-refractivity contribution is 7.47. The van der Waals surface area contributed by atoms with Crippen molar-refractivity contribution in [1.29, 1.82) is 0 Å². The molecule has 1 aromatic rings. The van der Waals surface area contributed by atoms with E-state index in [0.29, 0.717) is 30.9 Å². The molecule has 1 aromatic carbocycles. The Labute approximate surface area is 134 Å². The molecule has 1 aliphatic heterocycles. The summed E-state index contributed by atoms with van der Waals surface area (Å²) in [6.45, 7) is 9.15. The van der Waals surface area contributed by atoms with Crippen molar-refractivity contribution in [1.82, 2.24) is 0 Å². The minimum Gasteiger partial charge on any atom is -0.486 e. The first-order valence-corrected chi connectivity index (χ1v) is 9.21. The SMILES string of the molecule is CCOP(CCC1C(=O)c2ccccc2OC1(C)C)OCC. The molecule has 2 rings (SSSR count). The lowest BCUT2D eigenvalue weighted by Crippen LogP contribution is -2.46. The zero-order valence-electron chi connectivity index (χ0n) is 13.8. The second kappa shape index (κ2) is 7.54. The van der Waals surface area contributed by atoms with Crippen LogP contribution in [0, 0.1) is 5.92 Å². The molecule has 0 bridgehead atoms. The fourth-order valence-electron chi connectivity index (χ4n) is 2.78. The van der Waals surface area contributed by atoms with Gasteiger partial charge in [-0.05, 0) is 46.2 Å². The summed E-state index contributed by atoms with van der Waals surface area (Å²) in [5.41, 5.74) is 0.175. The summed E-state index contributed by atoms with van der Waals surface area (Å²) in [5, 5.41) is 0. The molecule has 0 radical (unpaired) electrons. The maximum Gasteiger partial charge on any atom is 0.173 e. The Hall–Kier alpha value is -0.960. The van der Waals surface area contributed by atoms with Crippen molar-refractivity contribution in [3.63, 3.8) is 0 Å². The zero-order valence-corrected chi connectivity index (χ0v) is 14.7. The number of ketones is 1. The molecule has 4 nitrogen and oxygen atoms in total. The molecule has 22 heavy (non-hydrogen) atoms. The number of hydrogen-bond acceptors (Lipinski definition) is 4. The minimum absolute atomic E-state index is 0.162. The topological polar surface area (TPSA) is 44.8 Å². The Morgan fingerprint density at radius 2 is 1.82 bits per heavy atom. The van der Waals surface area contributed by atoms with Crippen molar-refractivity contribution in [2.24, 2.45) is 5.92 Å². The number of fused-ring (bicyclic) bond motifs is 1. The first-order valence-electron chi connectivity index (χ1n) is 7.85. The lowest BCUT2D eigenvalue weighted by molar-refractivity contribution is 0.0251. The molecule has 0 fully saturated rings. The van der Waals surface area contributed by atoms with Gasteiger partial charge in [0, 0.05) is 6.16 Å². The maximum absolute atomic E-state index is 12.8. The normalized spacial score (nSPS) is 19.9. The third kappa shape index (κ3) is 3.87. The van der Waals surface area contributed by atoms with E-state index in [-0.39, 0.29) is 11.7 Å².